The maximum atomic E-state index is 4.48. The van der Waals surface area contributed by atoms with Gasteiger partial charge in [0.25, 0.3) is 0 Å². The van der Waals surface area contributed by atoms with Crippen LogP contribution >= 0.6 is 0 Å². The van der Waals surface area contributed by atoms with Crippen LogP contribution in [0.1, 0.15) is 0 Å². The molecule has 0 radical (unpaired) electrons. The van der Waals surface area contributed by atoms with Crippen molar-refractivity contribution in [3.05, 3.63) is 36.7 Å². The van der Waals surface area contributed by atoms with Crippen molar-refractivity contribution in [2.45, 2.75) is 4.22 Å². The van der Waals surface area contributed by atoms with Crippen LogP contribution in [0.5, 0.6) is 0 Å². The van der Waals surface area contributed by atoms with Gasteiger partial charge in [0, 0.05) is 0 Å². The SMILES string of the molecule is CN(C)c1ccnc([Se]C[Se]c2cc(N(C)C)ccn2)c1. The average molecular weight is 414 g/mol. The Hall–Kier alpha value is -1.06. The van der Waals surface area contributed by atoms with E-state index >= 15 is 0 Å². The van der Waals surface area contributed by atoms with Crippen LogP contribution in [0.15, 0.2) is 36.7 Å². The van der Waals surface area contributed by atoms with Crippen LogP contribution in [0.3, 0.4) is 0 Å². The van der Waals surface area contributed by atoms with Crippen LogP contribution in [0.4, 0.5) is 11.4 Å². The Morgan fingerprint density at radius 1 is 0.810 bits per heavy atom. The predicted molar refractivity (Wildman–Crippen MR) is 92.7 cm³/mol. The summed E-state index contributed by atoms with van der Waals surface area (Å²) in [5, 5.41) is 0. The third-order valence-electron chi connectivity index (χ3n) is 2.88. The summed E-state index contributed by atoms with van der Waals surface area (Å²) >= 11 is 0.837. The topological polar surface area (TPSA) is 32.3 Å². The van der Waals surface area contributed by atoms with E-state index in [4.69, 9.17) is 0 Å². The van der Waals surface area contributed by atoms with E-state index in [0.717, 1.165) is 0 Å². The molecule has 0 spiro atoms. The molecule has 0 unspecified atom stereocenters. The number of nitrogens with zero attached hydrogens (tertiary/aromatic N) is 4. The number of rotatable bonds is 6. The van der Waals surface area contributed by atoms with Crippen LogP contribution in [-0.2, 0) is 0 Å². The Bertz CT molecular complexity index is 536. The molecule has 21 heavy (non-hydrogen) atoms. The van der Waals surface area contributed by atoms with E-state index in [-0.39, 0.29) is 0 Å². The predicted octanol–water partition coefficient (Wildman–Crippen LogP) is 0.344. The molecule has 4 nitrogen and oxygen atoms in total. The molecule has 0 amide bonds. The van der Waals surface area contributed by atoms with Gasteiger partial charge in [0.15, 0.2) is 0 Å². The van der Waals surface area contributed by atoms with Gasteiger partial charge in [-0.15, -0.1) is 0 Å². The van der Waals surface area contributed by atoms with Crippen molar-refractivity contribution in [3.63, 3.8) is 0 Å². The van der Waals surface area contributed by atoms with E-state index in [1.807, 2.05) is 24.5 Å². The Morgan fingerprint density at radius 2 is 1.24 bits per heavy atom. The summed E-state index contributed by atoms with van der Waals surface area (Å²) in [6.07, 6.45) is 3.81. The van der Waals surface area contributed by atoms with E-state index in [1.165, 1.54) is 24.8 Å². The molecule has 0 aromatic carbocycles. The van der Waals surface area contributed by atoms with Crippen molar-refractivity contribution < 1.29 is 0 Å². The Balaban J connectivity index is 1.92. The zero-order chi connectivity index (χ0) is 15.2. The molecule has 0 atom stereocenters. The van der Waals surface area contributed by atoms with Crippen LogP contribution < -0.4 is 19.0 Å². The summed E-state index contributed by atoms with van der Waals surface area (Å²) in [6.45, 7) is 0. The van der Waals surface area contributed by atoms with Crippen molar-refractivity contribution in [2.75, 3.05) is 38.0 Å². The molecule has 0 N–H and O–H groups in total. The molecule has 0 aliphatic heterocycles. The molecule has 2 aromatic rings. The van der Waals surface area contributed by atoms with E-state index in [0.29, 0.717) is 29.9 Å². The zero-order valence-corrected chi connectivity index (χ0v) is 16.2. The summed E-state index contributed by atoms with van der Waals surface area (Å²) in [4.78, 5) is 13.2. The monoisotopic (exact) mass is 416 g/mol. The van der Waals surface area contributed by atoms with Gasteiger partial charge in [0.05, 0.1) is 0 Å². The van der Waals surface area contributed by atoms with E-state index in [1.54, 1.807) is 0 Å². The van der Waals surface area contributed by atoms with Gasteiger partial charge < -0.3 is 0 Å². The minimum absolute atomic E-state index is 0.418. The molecular formula is C15H20N4Se2. The van der Waals surface area contributed by atoms with E-state index in [2.05, 4.69) is 60.1 Å². The second-order valence-electron chi connectivity index (χ2n) is 4.90. The molecule has 0 aliphatic carbocycles. The molecule has 112 valence electrons. The number of hydrogen-bond donors (Lipinski definition) is 0. The fraction of sp³-hybridized carbons (Fsp3) is 0.333. The fourth-order valence-corrected chi connectivity index (χ4v) is 6.99. The Morgan fingerprint density at radius 3 is 1.62 bits per heavy atom. The molecular weight excluding hydrogens is 394 g/mol. The molecule has 0 fully saturated rings. The molecule has 2 heterocycles. The van der Waals surface area contributed by atoms with Crippen molar-refractivity contribution in [1.29, 1.82) is 0 Å². The van der Waals surface area contributed by atoms with Gasteiger partial charge in [-0.2, -0.15) is 0 Å². The second kappa shape index (κ2) is 7.81. The van der Waals surface area contributed by atoms with E-state index < -0.39 is 0 Å². The summed E-state index contributed by atoms with van der Waals surface area (Å²) < 4.78 is 3.63. The van der Waals surface area contributed by atoms with Crippen molar-refractivity contribution >= 4 is 50.5 Å². The van der Waals surface area contributed by atoms with Gasteiger partial charge in [0.2, 0.25) is 0 Å². The Labute approximate surface area is 139 Å². The summed E-state index contributed by atoms with van der Waals surface area (Å²) in [5.74, 6) is 0. The van der Waals surface area contributed by atoms with Gasteiger partial charge in [0.1, 0.15) is 0 Å². The number of anilines is 2. The first-order valence-electron chi connectivity index (χ1n) is 6.58. The molecule has 2 rings (SSSR count). The minimum atomic E-state index is 0.418. The number of pyridine rings is 2. The first-order chi connectivity index (χ1) is 10.1. The molecule has 6 heteroatoms. The fourth-order valence-electron chi connectivity index (χ4n) is 1.66. The third kappa shape index (κ3) is 5.01. The molecule has 0 saturated carbocycles. The van der Waals surface area contributed by atoms with Crippen LogP contribution in [0.2, 0.25) is 4.22 Å². The van der Waals surface area contributed by atoms with Gasteiger partial charge in [-0.25, -0.2) is 0 Å². The van der Waals surface area contributed by atoms with Gasteiger partial charge in [-0.3, -0.25) is 0 Å². The van der Waals surface area contributed by atoms with Crippen LogP contribution in [0, 0.1) is 0 Å². The summed E-state index contributed by atoms with van der Waals surface area (Å²) in [5.41, 5.74) is 2.45. The Kier molecular flexibility index (Phi) is 6.06. The van der Waals surface area contributed by atoms with Gasteiger partial charge >= 0.3 is 139 Å². The molecule has 0 bridgehead atoms. The number of aromatic nitrogens is 2. The van der Waals surface area contributed by atoms with Crippen molar-refractivity contribution in [2.24, 2.45) is 0 Å². The van der Waals surface area contributed by atoms with Crippen molar-refractivity contribution in [3.8, 4) is 0 Å². The molecule has 0 saturated heterocycles. The summed E-state index contributed by atoms with van der Waals surface area (Å²) in [6, 6.07) is 8.49. The van der Waals surface area contributed by atoms with Crippen LogP contribution in [-0.4, -0.2) is 68.1 Å². The van der Waals surface area contributed by atoms with Gasteiger partial charge in [-0.1, -0.05) is 0 Å². The average Bonchev–Trinajstić information content (AvgIpc) is 2.48. The second-order valence-corrected chi connectivity index (χ2v) is 10.9. The van der Waals surface area contributed by atoms with Crippen molar-refractivity contribution in [1.82, 2.24) is 9.97 Å². The first kappa shape index (κ1) is 16.3. The normalized spacial score (nSPS) is 10.5. The zero-order valence-electron chi connectivity index (χ0n) is 12.8. The van der Waals surface area contributed by atoms with Gasteiger partial charge in [-0.05, 0) is 0 Å². The first-order valence-corrected chi connectivity index (χ1v) is 10.7. The quantitative estimate of drug-likeness (QED) is 0.639. The van der Waals surface area contributed by atoms with E-state index in [9.17, 15) is 0 Å². The molecule has 2 aromatic heterocycles. The molecule has 0 aliphatic rings. The third-order valence-corrected chi connectivity index (χ3v) is 8.13. The van der Waals surface area contributed by atoms with Crippen LogP contribution in [0.25, 0.3) is 0 Å². The summed E-state index contributed by atoms with van der Waals surface area (Å²) in [7, 11) is 8.25. The maximum absolute atomic E-state index is 4.48. The standard InChI is InChI=1S/C15H20N4Se2/c1-18(2)12-5-7-16-14(9-12)20-11-21-15-10-13(19(3)4)6-8-17-15/h5-10H,11H2,1-4H3. The number of hydrogen-bond acceptors (Lipinski definition) is 4.